The smallest absolute Gasteiger partial charge is 0.239 e. The monoisotopic (exact) mass is 432 g/mol. The van der Waals surface area contributed by atoms with Crippen LogP contribution in [0.5, 0.6) is 0 Å². The molecule has 11 heteroatoms. The van der Waals surface area contributed by atoms with Gasteiger partial charge in [0, 0.05) is 18.0 Å². The van der Waals surface area contributed by atoms with E-state index in [1.165, 1.54) is 35.5 Å². The highest BCUT2D eigenvalue weighted by atomic mass is 32.2. The molecule has 0 bridgehead atoms. The number of thiazole rings is 1. The molecule has 7 nitrogen and oxygen atoms in total. The fourth-order valence-electron chi connectivity index (χ4n) is 2.58. The van der Waals surface area contributed by atoms with Crippen LogP contribution >= 0.6 is 23.1 Å². The van der Waals surface area contributed by atoms with E-state index in [9.17, 15) is 13.6 Å². The first kappa shape index (κ1) is 19.4. The maximum absolute atomic E-state index is 13.4. The predicted molar refractivity (Wildman–Crippen MR) is 108 cm³/mol. The molecular formula is C18H14F2N6OS2. The molecule has 0 aliphatic heterocycles. The number of carbonyl (C=O) groups is 1. The summed E-state index contributed by atoms with van der Waals surface area (Å²) >= 11 is 2.49. The van der Waals surface area contributed by atoms with Gasteiger partial charge in [0.05, 0.1) is 22.5 Å². The van der Waals surface area contributed by atoms with Gasteiger partial charge in [-0.3, -0.25) is 9.48 Å². The van der Waals surface area contributed by atoms with Crippen LogP contribution in [0.2, 0.25) is 0 Å². The van der Waals surface area contributed by atoms with Crippen molar-refractivity contribution in [2.24, 2.45) is 7.05 Å². The number of hydrogen-bond donors (Lipinski definition) is 1. The first-order valence-electron chi connectivity index (χ1n) is 8.43. The van der Waals surface area contributed by atoms with E-state index in [1.54, 1.807) is 30.2 Å². The topological polar surface area (TPSA) is 85.6 Å². The first-order chi connectivity index (χ1) is 13.9. The first-order valence-corrected chi connectivity index (χ1v) is 10.2. The van der Waals surface area contributed by atoms with Crippen LogP contribution in [-0.2, 0) is 11.8 Å². The van der Waals surface area contributed by atoms with Crippen molar-refractivity contribution in [3.05, 3.63) is 47.7 Å². The summed E-state index contributed by atoms with van der Waals surface area (Å²) in [6, 6.07) is 3.55. The lowest BCUT2D eigenvalue weighted by molar-refractivity contribution is -0.115. The van der Waals surface area contributed by atoms with Crippen molar-refractivity contribution in [3.63, 3.8) is 0 Å². The Balaban J connectivity index is 1.46. The van der Waals surface area contributed by atoms with Gasteiger partial charge >= 0.3 is 0 Å². The normalized spacial score (nSPS) is 12.3. The molecule has 3 aromatic heterocycles. The summed E-state index contributed by atoms with van der Waals surface area (Å²) < 4.78 is 28.2. The minimum atomic E-state index is -0.947. The van der Waals surface area contributed by atoms with Gasteiger partial charge in [0.15, 0.2) is 22.4 Å². The number of anilines is 1. The number of benzene rings is 1. The number of halogens is 2. The molecule has 1 aromatic carbocycles. The zero-order valence-electron chi connectivity index (χ0n) is 15.3. The Bertz CT molecular complexity index is 1210. The van der Waals surface area contributed by atoms with Crippen LogP contribution in [-0.4, -0.2) is 35.9 Å². The maximum atomic E-state index is 13.4. The molecule has 148 valence electrons. The second kappa shape index (κ2) is 7.84. The average Bonchev–Trinajstić information content (AvgIpc) is 3.32. The van der Waals surface area contributed by atoms with Gasteiger partial charge in [-0.25, -0.2) is 23.7 Å². The Labute approximate surface area is 172 Å². The molecule has 4 rings (SSSR count). The van der Waals surface area contributed by atoms with E-state index in [-0.39, 0.29) is 5.91 Å². The number of hydrogen-bond acceptors (Lipinski definition) is 7. The van der Waals surface area contributed by atoms with E-state index < -0.39 is 16.9 Å². The van der Waals surface area contributed by atoms with Crippen LogP contribution in [0.4, 0.5) is 13.9 Å². The Morgan fingerprint density at radius 2 is 2.10 bits per heavy atom. The molecule has 0 saturated carbocycles. The van der Waals surface area contributed by atoms with Crippen molar-refractivity contribution in [1.82, 2.24) is 24.7 Å². The Morgan fingerprint density at radius 3 is 2.90 bits per heavy atom. The number of fused-ring (bicyclic) bond motifs is 1. The maximum Gasteiger partial charge on any atom is 0.239 e. The van der Waals surface area contributed by atoms with E-state index in [1.807, 2.05) is 0 Å². The highest BCUT2D eigenvalue weighted by molar-refractivity contribution is 8.00. The lowest BCUT2D eigenvalue weighted by Gasteiger charge is -2.10. The standard InChI is InChI=1S/C18H14F2N6OS2/c1-9(29-17-11-6-23-26(2)15(11)21-8-22-17)16(27)25-18-24-14(7-28-18)10-3-4-12(19)13(20)5-10/h3-9H,1-2H3,(H,24,25,27). The molecule has 3 heterocycles. The number of aromatic nitrogens is 5. The largest absolute Gasteiger partial charge is 0.301 e. The Hall–Kier alpha value is -2.92. The Kier molecular flexibility index (Phi) is 5.24. The van der Waals surface area contributed by atoms with Crippen molar-refractivity contribution in [2.45, 2.75) is 17.2 Å². The molecule has 1 atom stereocenters. The van der Waals surface area contributed by atoms with Gasteiger partial charge in [0.2, 0.25) is 5.91 Å². The quantitative estimate of drug-likeness (QED) is 0.380. The van der Waals surface area contributed by atoms with Gasteiger partial charge in [-0.1, -0.05) is 11.8 Å². The summed E-state index contributed by atoms with van der Waals surface area (Å²) in [5.74, 6) is -2.12. The number of nitrogens with zero attached hydrogens (tertiary/aromatic N) is 5. The van der Waals surface area contributed by atoms with Crippen molar-refractivity contribution in [2.75, 3.05) is 5.32 Å². The van der Waals surface area contributed by atoms with Crippen LogP contribution in [0, 0.1) is 11.6 Å². The van der Waals surface area contributed by atoms with Gasteiger partial charge in [0.1, 0.15) is 11.4 Å². The summed E-state index contributed by atoms with van der Waals surface area (Å²) in [5, 5.41) is 9.93. The van der Waals surface area contributed by atoms with Crippen molar-refractivity contribution in [1.29, 1.82) is 0 Å². The van der Waals surface area contributed by atoms with E-state index in [4.69, 9.17) is 0 Å². The fraction of sp³-hybridized carbons (Fsp3) is 0.167. The molecule has 0 fully saturated rings. The highest BCUT2D eigenvalue weighted by Gasteiger charge is 2.19. The molecule has 1 N–H and O–H groups in total. The van der Waals surface area contributed by atoms with Crippen LogP contribution in [0.15, 0.2) is 41.1 Å². The molecule has 0 aliphatic rings. The van der Waals surface area contributed by atoms with Gasteiger partial charge in [-0.2, -0.15) is 5.10 Å². The number of amides is 1. The van der Waals surface area contributed by atoms with Gasteiger partial charge < -0.3 is 5.32 Å². The van der Waals surface area contributed by atoms with Gasteiger partial charge in [-0.15, -0.1) is 11.3 Å². The van der Waals surface area contributed by atoms with E-state index in [0.717, 1.165) is 17.5 Å². The molecule has 1 unspecified atom stereocenters. The lowest BCUT2D eigenvalue weighted by Crippen LogP contribution is -2.22. The van der Waals surface area contributed by atoms with Crippen LogP contribution in [0.3, 0.4) is 0 Å². The van der Waals surface area contributed by atoms with E-state index in [0.29, 0.717) is 27.1 Å². The summed E-state index contributed by atoms with van der Waals surface area (Å²) in [6.45, 7) is 1.76. The third kappa shape index (κ3) is 3.96. The summed E-state index contributed by atoms with van der Waals surface area (Å²) in [7, 11) is 1.78. The second-order valence-electron chi connectivity index (χ2n) is 6.10. The number of thioether (sulfide) groups is 1. The summed E-state index contributed by atoms with van der Waals surface area (Å²) in [4.78, 5) is 25.3. The molecule has 0 spiro atoms. The van der Waals surface area contributed by atoms with Crippen LogP contribution in [0.1, 0.15) is 6.92 Å². The molecule has 0 saturated heterocycles. The summed E-state index contributed by atoms with van der Waals surface area (Å²) in [5.41, 5.74) is 1.58. The predicted octanol–water partition coefficient (Wildman–Crippen LogP) is 3.88. The number of nitrogens with one attached hydrogen (secondary N) is 1. The number of carbonyl (C=O) groups excluding carboxylic acids is 1. The third-order valence-corrected chi connectivity index (χ3v) is 5.97. The molecule has 4 aromatic rings. The average molecular weight is 432 g/mol. The fourth-order valence-corrected chi connectivity index (χ4v) is 4.18. The van der Waals surface area contributed by atoms with Gasteiger partial charge in [0.25, 0.3) is 0 Å². The zero-order valence-corrected chi connectivity index (χ0v) is 16.9. The van der Waals surface area contributed by atoms with Crippen molar-refractivity contribution < 1.29 is 13.6 Å². The molecule has 1 amide bonds. The minimum absolute atomic E-state index is 0.253. The molecule has 0 radical (unpaired) electrons. The summed E-state index contributed by atoms with van der Waals surface area (Å²) in [6.07, 6.45) is 3.10. The minimum Gasteiger partial charge on any atom is -0.301 e. The molecular weight excluding hydrogens is 418 g/mol. The molecule has 29 heavy (non-hydrogen) atoms. The Morgan fingerprint density at radius 1 is 1.28 bits per heavy atom. The zero-order chi connectivity index (χ0) is 20.5. The van der Waals surface area contributed by atoms with Crippen molar-refractivity contribution in [3.8, 4) is 11.3 Å². The van der Waals surface area contributed by atoms with Crippen LogP contribution in [0.25, 0.3) is 22.3 Å². The van der Waals surface area contributed by atoms with Crippen LogP contribution < -0.4 is 5.32 Å². The van der Waals surface area contributed by atoms with E-state index in [2.05, 4.69) is 25.4 Å². The van der Waals surface area contributed by atoms with Crippen molar-refractivity contribution >= 4 is 45.2 Å². The van der Waals surface area contributed by atoms with Gasteiger partial charge in [-0.05, 0) is 25.1 Å². The highest BCUT2D eigenvalue weighted by Crippen LogP contribution is 2.30. The SMILES string of the molecule is CC(Sc1ncnc2c1cnn2C)C(=O)Nc1nc(-c2ccc(F)c(F)c2)cs1. The second-order valence-corrected chi connectivity index (χ2v) is 8.29. The van der Waals surface area contributed by atoms with E-state index >= 15 is 0 Å². The lowest BCUT2D eigenvalue weighted by atomic mass is 10.2. The number of rotatable bonds is 5. The third-order valence-electron chi connectivity index (χ3n) is 4.10. The number of aryl methyl sites for hydroxylation is 1. The molecule has 0 aliphatic carbocycles.